The van der Waals surface area contributed by atoms with Crippen molar-refractivity contribution >= 4 is 50.7 Å². The van der Waals surface area contributed by atoms with Gasteiger partial charge in [-0.2, -0.15) is 0 Å². The number of halogens is 4. The van der Waals surface area contributed by atoms with Gasteiger partial charge < -0.3 is 9.47 Å². The highest BCUT2D eigenvalue weighted by atomic mass is 79.9. The lowest BCUT2D eigenvalue weighted by Crippen LogP contribution is -2.00. The van der Waals surface area contributed by atoms with Crippen LogP contribution in [0, 0.1) is 0 Å². The molecule has 0 atom stereocenters. The second kappa shape index (κ2) is 7.59. The maximum absolute atomic E-state index is 6.24. The van der Waals surface area contributed by atoms with E-state index in [4.69, 9.17) is 44.3 Å². The topological polar surface area (TPSA) is 18.5 Å². The largest absolute Gasteiger partial charge is 0.493 e. The smallest absolute Gasteiger partial charge is 0.180 e. The molecule has 0 heterocycles. The summed E-state index contributed by atoms with van der Waals surface area (Å²) in [5.74, 6) is 1.06. The Bertz CT molecular complexity index is 647. The average molecular weight is 411 g/mol. The third-order valence-electron chi connectivity index (χ3n) is 2.85. The molecule has 0 aliphatic carbocycles. The van der Waals surface area contributed by atoms with Crippen LogP contribution in [0.5, 0.6) is 11.5 Å². The standard InChI is InChI=1S/C15H12BrCl3O2/c1-20-13-6-9(7-16)5-12(18)15(13)21-8-10-3-2-4-11(17)14(10)19/h2-6H,7-8H2,1H3. The molecule has 0 aliphatic heterocycles. The van der Waals surface area contributed by atoms with E-state index in [-0.39, 0.29) is 6.61 Å². The predicted octanol–water partition coefficient (Wildman–Crippen LogP) is 6.13. The van der Waals surface area contributed by atoms with Crippen molar-refractivity contribution in [1.29, 1.82) is 0 Å². The Hall–Kier alpha value is -0.610. The first-order chi connectivity index (χ1) is 10.1. The zero-order valence-corrected chi connectivity index (χ0v) is 15.0. The van der Waals surface area contributed by atoms with Crippen molar-refractivity contribution in [2.45, 2.75) is 11.9 Å². The molecule has 0 aromatic heterocycles. The molecule has 0 spiro atoms. The molecule has 112 valence electrons. The normalized spacial score (nSPS) is 10.5. The van der Waals surface area contributed by atoms with Crippen LogP contribution in [-0.4, -0.2) is 7.11 Å². The monoisotopic (exact) mass is 408 g/mol. The molecular formula is C15H12BrCl3O2. The van der Waals surface area contributed by atoms with E-state index in [1.54, 1.807) is 13.2 Å². The highest BCUT2D eigenvalue weighted by Gasteiger charge is 2.13. The van der Waals surface area contributed by atoms with Gasteiger partial charge in [0, 0.05) is 10.9 Å². The Kier molecular flexibility index (Phi) is 6.06. The number of benzene rings is 2. The van der Waals surface area contributed by atoms with Gasteiger partial charge in [0.15, 0.2) is 11.5 Å². The molecule has 0 saturated carbocycles. The minimum Gasteiger partial charge on any atom is -0.493 e. The number of rotatable bonds is 5. The Labute approximate surface area is 147 Å². The van der Waals surface area contributed by atoms with Crippen LogP contribution in [0.2, 0.25) is 15.1 Å². The minimum atomic E-state index is 0.253. The molecule has 2 aromatic rings. The SMILES string of the molecule is COc1cc(CBr)cc(Cl)c1OCc1cccc(Cl)c1Cl. The predicted molar refractivity (Wildman–Crippen MR) is 91.4 cm³/mol. The molecule has 0 amide bonds. The number of hydrogen-bond donors (Lipinski definition) is 0. The molecule has 0 aliphatic rings. The summed E-state index contributed by atoms with van der Waals surface area (Å²) in [6.45, 7) is 0.253. The van der Waals surface area contributed by atoms with Gasteiger partial charge in [-0.15, -0.1) is 0 Å². The van der Waals surface area contributed by atoms with E-state index in [0.717, 1.165) is 11.1 Å². The van der Waals surface area contributed by atoms with E-state index in [0.29, 0.717) is 31.9 Å². The highest BCUT2D eigenvalue weighted by Crippen LogP contribution is 2.38. The van der Waals surface area contributed by atoms with Gasteiger partial charge >= 0.3 is 0 Å². The molecule has 0 radical (unpaired) electrons. The number of methoxy groups -OCH3 is 1. The summed E-state index contributed by atoms with van der Waals surface area (Å²) in [4.78, 5) is 0. The van der Waals surface area contributed by atoms with Crippen LogP contribution in [0.25, 0.3) is 0 Å². The fourth-order valence-corrected chi connectivity index (χ4v) is 2.79. The van der Waals surface area contributed by atoms with Crippen LogP contribution in [0.1, 0.15) is 11.1 Å². The summed E-state index contributed by atoms with van der Waals surface area (Å²) in [6, 6.07) is 9.09. The molecule has 0 N–H and O–H groups in total. The summed E-state index contributed by atoms with van der Waals surface area (Å²) in [5.41, 5.74) is 1.79. The lowest BCUT2D eigenvalue weighted by atomic mass is 10.2. The molecule has 2 rings (SSSR count). The van der Waals surface area contributed by atoms with Crippen LogP contribution < -0.4 is 9.47 Å². The summed E-state index contributed by atoms with van der Waals surface area (Å²) < 4.78 is 11.1. The average Bonchev–Trinajstić information content (AvgIpc) is 2.49. The van der Waals surface area contributed by atoms with Crippen molar-refractivity contribution in [2.24, 2.45) is 0 Å². The van der Waals surface area contributed by atoms with Crippen molar-refractivity contribution in [3.05, 3.63) is 56.5 Å². The summed E-state index contributed by atoms with van der Waals surface area (Å²) in [7, 11) is 1.57. The first kappa shape index (κ1) is 16.8. The Morgan fingerprint density at radius 1 is 1.10 bits per heavy atom. The second-order valence-corrected chi connectivity index (χ2v) is 6.00. The van der Waals surface area contributed by atoms with Crippen molar-refractivity contribution in [3.8, 4) is 11.5 Å². The second-order valence-electron chi connectivity index (χ2n) is 4.24. The fourth-order valence-electron chi connectivity index (χ4n) is 1.80. The van der Waals surface area contributed by atoms with E-state index in [2.05, 4.69) is 15.9 Å². The Morgan fingerprint density at radius 3 is 2.52 bits per heavy atom. The van der Waals surface area contributed by atoms with Gasteiger partial charge in [0.05, 0.1) is 22.2 Å². The van der Waals surface area contributed by atoms with Crippen LogP contribution in [0.15, 0.2) is 30.3 Å². The zero-order valence-electron chi connectivity index (χ0n) is 11.1. The summed E-state index contributed by atoms with van der Waals surface area (Å²) in [5, 5.41) is 2.14. The molecule has 2 aromatic carbocycles. The van der Waals surface area contributed by atoms with E-state index < -0.39 is 0 Å². The van der Waals surface area contributed by atoms with Gasteiger partial charge in [-0.05, 0) is 23.8 Å². The van der Waals surface area contributed by atoms with Crippen LogP contribution in [0.3, 0.4) is 0 Å². The molecule has 0 fully saturated rings. The van der Waals surface area contributed by atoms with Gasteiger partial charge in [0.2, 0.25) is 0 Å². The van der Waals surface area contributed by atoms with E-state index >= 15 is 0 Å². The van der Waals surface area contributed by atoms with Gasteiger partial charge in [-0.3, -0.25) is 0 Å². The first-order valence-electron chi connectivity index (χ1n) is 6.05. The molecule has 0 bridgehead atoms. The number of alkyl halides is 1. The van der Waals surface area contributed by atoms with Gasteiger partial charge in [-0.1, -0.05) is 62.9 Å². The Morgan fingerprint density at radius 2 is 1.86 bits per heavy atom. The summed E-state index contributed by atoms with van der Waals surface area (Å²) in [6.07, 6.45) is 0. The van der Waals surface area contributed by atoms with Crippen molar-refractivity contribution < 1.29 is 9.47 Å². The zero-order chi connectivity index (χ0) is 15.4. The van der Waals surface area contributed by atoms with Crippen molar-refractivity contribution in [1.82, 2.24) is 0 Å². The molecule has 6 heteroatoms. The quantitative estimate of drug-likeness (QED) is 0.552. The molecular weight excluding hydrogens is 398 g/mol. The molecule has 2 nitrogen and oxygen atoms in total. The third kappa shape index (κ3) is 3.98. The van der Waals surface area contributed by atoms with Crippen molar-refractivity contribution in [3.63, 3.8) is 0 Å². The lowest BCUT2D eigenvalue weighted by molar-refractivity contribution is 0.284. The summed E-state index contributed by atoms with van der Waals surface area (Å²) >= 11 is 21.7. The first-order valence-corrected chi connectivity index (χ1v) is 8.30. The third-order valence-corrected chi connectivity index (χ3v) is 4.63. The van der Waals surface area contributed by atoms with Crippen molar-refractivity contribution in [2.75, 3.05) is 7.11 Å². The molecule has 0 saturated heterocycles. The Balaban J connectivity index is 2.25. The van der Waals surface area contributed by atoms with E-state index in [1.807, 2.05) is 24.3 Å². The maximum atomic E-state index is 6.24. The molecule has 0 unspecified atom stereocenters. The highest BCUT2D eigenvalue weighted by molar-refractivity contribution is 9.08. The van der Waals surface area contributed by atoms with Gasteiger partial charge in [-0.25, -0.2) is 0 Å². The van der Waals surface area contributed by atoms with Gasteiger partial charge in [0.25, 0.3) is 0 Å². The maximum Gasteiger partial charge on any atom is 0.180 e. The van der Waals surface area contributed by atoms with Gasteiger partial charge in [0.1, 0.15) is 6.61 Å². The minimum absolute atomic E-state index is 0.253. The van der Waals surface area contributed by atoms with Crippen LogP contribution >= 0.6 is 50.7 Å². The van der Waals surface area contributed by atoms with E-state index in [9.17, 15) is 0 Å². The molecule has 21 heavy (non-hydrogen) atoms. The van der Waals surface area contributed by atoms with Crippen LogP contribution in [0.4, 0.5) is 0 Å². The van der Waals surface area contributed by atoms with Crippen LogP contribution in [-0.2, 0) is 11.9 Å². The van der Waals surface area contributed by atoms with E-state index in [1.165, 1.54) is 0 Å². The number of ether oxygens (including phenoxy) is 2. The fraction of sp³-hybridized carbons (Fsp3) is 0.200. The lowest BCUT2D eigenvalue weighted by Gasteiger charge is -2.14. The number of hydrogen-bond acceptors (Lipinski definition) is 2.